The van der Waals surface area contributed by atoms with Crippen molar-refractivity contribution in [1.29, 1.82) is 0 Å². The van der Waals surface area contributed by atoms with Crippen LogP contribution in [-0.2, 0) is 20.8 Å². The molecule has 0 bridgehead atoms. The first-order valence-corrected chi connectivity index (χ1v) is 6.44. The molecule has 2 atom stereocenters. The van der Waals surface area contributed by atoms with Gasteiger partial charge < -0.3 is 20.3 Å². The van der Waals surface area contributed by atoms with Gasteiger partial charge in [-0.2, -0.15) is 0 Å². The number of halogens is 1. The van der Waals surface area contributed by atoms with Gasteiger partial charge in [0, 0.05) is 11.4 Å². The molecule has 7 nitrogen and oxygen atoms in total. The number of carboxylic acid groups (broad SMARTS) is 2. The Bertz CT molecular complexity index is 602. The fourth-order valence-electron chi connectivity index (χ4n) is 2.00. The van der Waals surface area contributed by atoms with Crippen LogP contribution in [0.5, 0.6) is 5.75 Å². The fraction of sp³-hybridized carbons (Fsp3) is 0.308. The Morgan fingerprint density at radius 2 is 2.10 bits per heavy atom. The number of hydrogen-bond donors (Lipinski definition) is 3. The Hall–Kier alpha value is -2.28. The van der Waals surface area contributed by atoms with Gasteiger partial charge in [-0.15, -0.1) is 0 Å². The normalized spacial score (nSPS) is 17.5. The van der Waals surface area contributed by atoms with Crippen molar-refractivity contribution in [3.05, 3.63) is 28.8 Å². The van der Waals surface area contributed by atoms with Gasteiger partial charge in [0.15, 0.2) is 6.10 Å². The highest BCUT2D eigenvalue weighted by atomic mass is 35.5. The molecule has 1 amide bonds. The number of benzene rings is 1. The van der Waals surface area contributed by atoms with Gasteiger partial charge in [-0.05, 0) is 23.8 Å². The third-order valence-electron chi connectivity index (χ3n) is 2.98. The molecule has 0 saturated carbocycles. The summed E-state index contributed by atoms with van der Waals surface area (Å²) in [6.45, 7) is 0. The summed E-state index contributed by atoms with van der Waals surface area (Å²) in [7, 11) is 0. The minimum Gasteiger partial charge on any atom is -0.481 e. The van der Waals surface area contributed by atoms with E-state index in [1.165, 1.54) is 0 Å². The van der Waals surface area contributed by atoms with Gasteiger partial charge in [0.05, 0.1) is 6.42 Å². The first-order valence-electron chi connectivity index (χ1n) is 6.07. The highest BCUT2D eigenvalue weighted by Crippen LogP contribution is 2.31. The first kappa shape index (κ1) is 15.1. The molecule has 8 heteroatoms. The van der Waals surface area contributed by atoms with Crippen LogP contribution in [-0.4, -0.2) is 40.2 Å². The summed E-state index contributed by atoms with van der Waals surface area (Å²) in [6.07, 6.45) is -1.35. The smallest absolute Gasteiger partial charge is 0.326 e. The maximum absolute atomic E-state index is 12.0. The van der Waals surface area contributed by atoms with E-state index in [0.717, 1.165) is 5.56 Å². The molecule has 1 aliphatic rings. The van der Waals surface area contributed by atoms with E-state index < -0.39 is 36.4 Å². The minimum absolute atomic E-state index is 0.251. The van der Waals surface area contributed by atoms with Gasteiger partial charge in [-0.1, -0.05) is 11.6 Å². The van der Waals surface area contributed by atoms with Crippen LogP contribution in [0.3, 0.4) is 0 Å². The largest absolute Gasteiger partial charge is 0.481 e. The zero-order chi connectivity index (χ0) is 15.6. The summed E-state index contributed by atoms with van der Waals surface area (Å²) >= 11 is 5.83. The molecule has 21 heavy (non-hydrogen) atoms. The number of carboxylic acids is 2. The second-order valence-corrected chi connectivity index (χ2v) is 5.00. The van der Waals surface area contributed by atoms with E-state index in [9.17, 15) is 14.4 Å². The monoisotopic (exact) mass is 313 g/mol. The molecule has 1 aromatic rings. The van der Waals surface area contributed by atoms with Gasteiger partial charge in [0.1, 0.15) is 11.8 Å². The summed E-state index contributed by atoms with van der Waals surface area (Å²) in [5.74, 6) is -2.89. The van der Waals surface area contributed by atoms with Crippen LogP contribution in [0, 0.1) is 0 Å². The molecule has 2 rings (SSSR count). The molecule has 0 saturated heterocycles. The van der Waals surface area contributed by atoms with Crippen LogP contribution in [0.15, 0.2) is 18.2 Å². The number of aliphatic carboxylic acids is 2. The zero-order valence-corrected chi connectivity index (χ0v) is 11.5. The lowest BCUT2D eigenvalue weighted by atomic mass is 10.1. The number of carbonyl (C=O) groups is 3. The Morgan fingerprint density at radius 3 is 2.71 bits per heavy atom. The molecular weight excluding hydrogens is 302 g/mol. The minimum atomic E-state index is -1.49. The number of amides is 1. The second-order valence-electron chi connectivity index (χ2n) is 4.56. The summed E-state index contributed by atoms with van der Waals surface area (Å²) in [5.41, 5.74) is 0.743. The quantitative estimate of drug-likeness (QED) is 0.737. The zero-order valence-electron chi connectivity index (χ0n) is 10.7. The molecule has 3 N–H and O–H groups in total. The molecule has 0 aliphatic carbocycles. The van der Waals surface area contributed by atoms with Gasteiger partial charge >= 0.3 is 11.9 Å². The van der Waals surface area contributed by atoms with Crippen molar-refractivity contribution < 1.29 is 29.3 Å². The maximum atomic E-state index is 12.0. The van der Waals surface area contributed by atoms with Crippen molar-refractivity contribution in [3.8, 4) is 5.75 Å². The SMILES string of the molecule is O=C(O)C[C@@H](NC(=O)C1Cc2cc(Cl)ccc2O1)C(=O)O. The third kappa shape index (κ3) is 3.63. The van der Waals surface area contributed by atoms with E-state index in [2.05, 4.69) is 5.32 Å². The molecule has 0 fully saturated rings. The average molecular weight is 314 g/mol. The molecule has 0 aromatic heterocycles. The van der Waals surface area contributed by atoms with Crippen molar-refractivity contribution in [3.63, 3.8) is 0 Å². The van der Waals surface area contributed by atoms with Crippen LogP contribution in [0.2, 0.25) is 5.02 Å². The number of ether oxygens (including phenoxy) is 1. The summed E-state index contributed by atoms with van der Waals surface area (Å²) in [6, 6.07) is 3.41. The lowest BCUT2D eigenvalue weighted by molar-refractivity contribution is -0.147. The molecule has 0 spiro atoms. The lowest BCUT2D eigenvalue weighted by Crippen LogP contribution is -2.47. The van der Waals surface area contributed by atoms with E-state index in [4.69, 9.17) is 26.6 Å². The van der Waals surface area contributed by atoms with Crippen molar-refractivity contribution in [2.45, 2.75) is 25.0 Å². The maximum Gasteiger partial charge on any atom is 0.326 e. The average Bonchev–Trinajstić information content (AvgIpc) is 2.80. The topological polar surface area (TPSA) is 113 Å². The Morgan fingerprint density at radius 1 is 1.38 bits per heavy atom. The molecule has 1 heterocycles. The number of hydrogen-bond acceptors (Lipinski definition) is 4. The Balaban J connectivity index is 2.02. The third-order valence-corrected chi connectivity index (χ3v) is 3.22. The van der Waals surface area contributed by atoms with Crippen LogP contribution >= 0.6 is 11.6 Å². The molecule has 1 aliphatic heterocycles. The van der Waals surface area contributed by atoms with Gasteiger partial charge in [-0.25, -0.2) is 4.79 Å². The van der Waals surface area contributed by atoms with E-state index in [0.29, 0.717) is 10.8 Å². The van der Waals surface area contributed by atoms with E-state index >= 15 is 0 Å². The van der Waals surface area contributed by atoms with Crippen molar-refractivity contribution >= 4 is 29.4 Å². The lowest BCUT2D eigenvalue weighted by Gasteiger charge is -2.15. The second kappa shape index (κ2) is 6.01. The Kier molecular flexibility index (Phi) is 4.32. The van der Waals surface area contributed by atoms with Crippen LogP contribution in [0.25, 0.3) is 0 Å². The van der Waals surface area contributed by atoms with Gasteiger partial charge in [-0.3, -0.25) is 9.59 Å². The summed E-state index contributed by atoms with van der Waals surface area (Å²) in [5, 5.41) is 20.2. The first-order chi connectivity index (χ1) is 9.86. The van der Waals surface area contributed by atoms with E-state index in [1.807, 2.05) is 0 Å². The number of carbonyl (C=O) groups excluding carboxylic acids is 1. The predicted molar refractivity (Wildman–Crippen MR) is 71.4 cm³/mol. The van der Waals surface area contributed by atoms with E-state index in [1.54, 1.807) is 18.2 Å². The number of fused-ring (bicyclic) bond motifs is 1. The summed E-state index contributed by atoms with van der Waals surface area (Å²) < 4.78 is 5.40. The Labute approximate surface area is 124 Å². The molecule has 1 aromatic carbocycles. The predicted octanol–water partition coefficient (Wildman–Crippen LogP) is 0.688. The summed E-state index contributed by atoms with van der Waals surface area (Å²) in [4.78, 5) is 33.5. The van der Waals surface area contributed by atoms with Crippen molar-refractivity contribution in [2.75, 3.05) is 0 Å². The molecule has 1 unspecified atom stereocenters. The number of rotatable bonds is 5. The molecular formula is C13H12ClNO6. The molecule has 112 valence electrons. The van der Waals surface area contributed by atoms with Gasteiger partial charge in [0.25, 0.3) is 5.91 Å². The van der Waals surface area contributed by atoms with Crippen LogP contribution in [0.1, 0.15) is 12.0 Å². The van der Waals surface area contributed by atoms with Crippen LogP contribution in [0.4, 0.5) is 0 Å². The van der Waals surface area contributed by atoms with Gasteiger partial charge in [0.2, 0.25) is 0 Å². The molecule has 0 radical (unpaired) electrons. The standard InChI is InChI=1S/C13H12ClNO6/c14-7-1-2-9-6(3-7)4-10(21-9)12(18)15-8(13(19)20)5-11(16)17/h1-3,8,10H,4-5H2,(H,15,18)(H,16,17)(H,19,20)/t8-,10?/m1/s1. The fourth-order valence-corrected chi connectivity index (χ4v) is 2.20. The van der Waals surface area contributed by atoms with E-state index in [-0.39, 0.29) is 6.42 Å². The van der Waals surface area contributed by atoms with Crippen molar-refractivity contribution in [2.24, 2.45) is 0 Å². The highest BCUT2D eigenvalue weighted by Gasteiger charge is 2.32. The van der Waals surface area contributed by atoms with Crippen LogP contribution < -0.4 is 10.1 Å². The highest BCUT2D eigenvalue weighted by molar-refractivity contribution is 6.30. The number of nitrogens with one attached hydrogen (secondary N) is 1. The van der Waals surface area contributed by atoms with Crippen molar-refractivity contribution in [1.82, 2.24) is 5.32 Å².